The van der Waals surface area contributed by atoms with Gasteiger partial charge in [-0.3, -0.25) is 0 Å². The van der Waals surface area contributed by atoms with E-state index in [0.717, 1.165) is 27.8 Å². The molecule has 0 aliphatic carbocycles. The minimum Gasteiger partial charge on any atom is -0.208 e. The van der Waals surface area contributed by atoms with Crippen molar-refractivity contribution in [1.29, 1.82) is 0 Å². The Bertz CT molecular complexity index is 2010. The lowest BCUT2D eigenvalue weighted by molar-refractivity contribution is 1.07. The van der Waals surface area contributed by atoms with Crippen molar-refractivity contribution in [2.75, 3.05) is 0 Å². The van der Waals surface area contributed by atoms with Crippen LogP contribution >= 0.6 is 0 Å². The van der Waals surface area contributed by atoms with E-state index >= 15 is 0 Å². The van der Waals surface area contributed by atoms with E-state index in [1.54, 1.807) is 0 Å². The zero-order valence-electron chi connectivity index (χ0n) is 27.7. The molecule has 0 N–H and O–H groups in total. The van der Waals surface area contributed by atoms with Crippen molar-refractivity contribution in [3.8, 4) is 56.4 Å². The summed E-state index contributed by atoms with van der Waals surface area (Å²) in [6.07, 6.45) is 0. The Balaban J connectivity index is 1.46. The fourth-order valence-electron chi connectivity index (χ4n) is 4.57. The number of rotatable bonds is 6. The molecule has 6 aromatic rings. The molecule has 0 spiro atoms. The van der Waals surface area contributed by atoms with Crippen molar-refractivity contribution < 1.29 is 6.85 Å². The van der Waals surface area contributed by atoms with E-state index in [-0.39, 0.29) is 23.5 Å². The van der Waals surface area contributed by atoms with Gasteiger partial charge in [-0.1, -0.05) is 146 Å². The molecule has 0 aliphatic rings. The van der Waals surface area contributed by atoms with Crippen LogP contribution in [-0.2, 0) is 0 Å². The van der Waals surface area contributed by atoms with Crippen molar-refractivity contribution in [2.45, 2.75) is 19.6 Å². The minimum atomic E-state index is -1.39. The van der Waals surface area contributed by atoms with Crippen molar-refractivity contribution in [3.63, 3.8) is 0 Å². The first-order chi connectivity index (χ1) is 21.5. The molecule has 194 valence electrons. The van der Waals surface area contributed by atoms with E-state index in [2.05, 4.69) is 78.1 Å². The fraction of sp³-hybridized carbons (Fsp3) is 0.0833. The summed E-state index contributed by atoms with van der Waals surface area (Å²) in [5, 5.41) is 1.42. The van der Waals surface area contributed by atoms with Crippen LogP contribution in [0, 0.1) is 0 Å². The van der Waals surface area contributed by atoms with E-state index in [9.17, 15) is 0 Å². The van der Waals surface area contributed by atoms with Gasteiger partial charge in [-0.2, -0.15) is 0 Å². The molecule has 1 heterocycles. The van der Waals surface area contributed by atoms with Crippen LogP contribution < -0.4 is 5.19 Å². The molecule has 0 aliphatic heterocycles. The Hall–Kier alpha value is -4.67. The second kappa shape index (κ2) is 10.8. The summed E-state index contributed by atoms with van der Waals surface area (Å²) in [5.74, 6) is 0.701. The van der Waals surface area contributed by atoms with Gasteiger partial charge in [0.15, 0.2) is 17.5 Å². The molecule has 40 heavy (non-hydrogen) atoms. The van der Waals surface area contributed by atoms with Gasteiger partial charge in [-0.05, 0) is 34.4 Å². The maximum atomic E-state index is 8.53. The van der Waals surface area contributed by atoms with Gasteiger partial charge in [-0.25, -0.2) is 15.0 Å². The molecule has 5 aromatic carbocycles. The molecule has 0 saturated carbocycles. The van der Waals surface area contributed by atoms with Gasteiger partial charge in [0.1, 0.15) is 0 Å². The molecule has 0 unspecified atom stereocenters. The van der Waals surface area contributed by atoms with Crippen LogP contribution in [0.25, 0.3) is 56.4 Å². The lowest BCUT2D eigenvalue weighted by atomic mass is 9.98. The van der Waals surface area contributed by atoms with Gasteiger partial charge in [0, 0.05) is 16.7 Å². The molecule has 0 atom stereocenters. The van der Waals surface area contributed by atoms with Crippen LogP contribution in [0.3, 0.4) is 0 Å². The molecule has 0 fully saturated rings. The van der Waals surface area contributed by atoms with Crippen LogP contribution in [-0.4, -0.2) is 23.0 Å². The van der Waals surface area contributed by atoms with E-state index in [1.807, 2.05) is 54.6 Å². The van der Waals surface area contributed by atoms with Gasteiger partial charge >= 0.3 is 0 Å². The van der Waals surface area contributed by atoms with Gasteiger partial charge in [-0.15, -0.1) is 0 Å². The number of aromatic nitrogens is 3. The maximum Gasteiger partial charge on any atom is 0.164 e. The van der Waals surface area contributed by atoms with Gasteiger partial charge < -0.3 is 0 Å². The van der Waals surface area contributed by atoms with Gasteiger partial charge in [0.25, 0.3) is 0 Å². The van der Waals surface area contributed by atoms with E-state index in [0.29, 0.717) is 17.2 Å². The highest BCUT2D eigenvalue weighted by molar-refractivity contribution is 6.88. The van der Waals surface area contributed by atoms with Crippen LogP contribution in [0.2, 0.25) is 19.6 Å². The number of hydrogen-bond donors (Lipinski definition) is 0. The van der Waals surface area contributed by atoms with Crippen LogP contribution in [0.5, 0.6) is 0 Å². The molecule has 6 rings (SSSR count). The van der Waals surface area contributed by atoms with Crippen LogP contribution in [0.1, 0.15) is 6.85 Å². The average Bonchev–Trinajstić information content (AvgIpc) is 3.06. The topological polar surface area (TPSA) is 38.7 Å². The minimum absolute atomic E-state index is 0.0185. The lowest BCUT2D eigenvalue weighted by Gasteiger charge is -2.17. The Morgan fingerprint density at radius 3 is 1.52 bits per heavy atom. The summed E-state index contributed by atoms with van der Waals surface area (Å²) >= 11 is 0. The highest BCUT2D eigenvalue weighted by Gasteiger charge is 2.16. The zero-order valence-corrected chi connectivity index (χ0v) is 23.7. The number of hydrogen-bond acceptors (Lipinski definition) is 3. The first kappa shape index (κ1) is 20.3. The molecule has 1 aromatic heterocycles. The highest BCUT2D eigenvalue weighted by atomic mass is 28.3. The van der Waals surface area contributed by atoms with E-state index in [4.69, 9.17) is 11.8 Å². The Kier molecular flexibility index (Phi) is 5.49. The van der Waals surface area contributed by atoms with Crippen molar-refractivity contribution in [3.05, 3.63) is 133 Å². The Labute approximate surface area is 244 Å². The first-order valence-electron chi connectivity index (χ1n) is 15.7. The van der Waals surface area contributed by atoms with Crippen molar-refractivity contribution in [1.82, 2.24) is 15.0 Å². The summed E-state index contributed by atoms with van der Waals surface area (Å²) in [6, 6.07) is 32.5. The zero-order chi connectivity index (χ0) is 31.9. The molecule has 3 nitrogen and oxygen atoms in total. The van der Waals surface area contributed by atoms with Gasteiger partial charge in [0.2, 0.25) is 0 Å². The Morgan fingerprint density at radius 1 is 0.450 bits per heavy atom. The summed E-state index contributed by atoms with van der Waals surface area (Å²) in [6.45, 7) is 7.04. The maximum absolute atomic E-state index is 8.53. The molecule has 0 radical (unpaired) electrons. The molecule has 0 bridgehead atoms. The standard InChI is InChI=1S/C36H31N3Si/c1-40(2,3)33-22-20-26(21-23-33)29-16-10-17-30(24-29)31-18-11-19-32(25-31)36-38-34(27-12-6-4-7-13-27)37-35(39-36)28-14-8-5-9-15-28/h4-25H,1-3H3/i4D,6D,7D,12D,13D. The predicted molar refractivity (Wildman–Crippen MR) is 170 cm³/mol. The van der Waals surface area contributed by atoms with E-state index in [1.165, 1.54) is 5.19 Å². The van der Waals surface area contributed by atoms with E-state index < -0.39 is 26.2 Å². The number of benzene rings is 5. The predicted octanol–water partition coefficient (Wildman–Crippen LogP) is 8.75. The third kappa shape index (κ3) is 5.53. The summed E-state index contributed by atoms with van der Waals surface area (Å²) in [7, 11) is -1.39. The second-order valence-electron chi connectivity index (χ2n) is 10.7. The van der Waals surface area contributed by atoms with Crippen molar-refractivity contribution >= 4 is 13.3 Å². The average molecular weight is 539 g/mol. The Morgan fingerprint density at radius 2 is 0.925 bits per heavy atom. The number of nitrogens with zero attached hydrogens (tertiary/aromatic N) is 3. The molecular weight excluding hydrogens is 503 g/mol. The second-order valence-corrected chi connectivity index (χ2v) is 15.7. The SMILES string of the molecule is [2H]c1c([2H])c([2H])c(-c2nc(-c3ccccc3)nc(-c3cccc(-c4cccc(-c5ccc([Si](C)(C)C)cc5)c4)c3)n2)c([2H])c1[2H]. The summed E-state index contributed by atoms with van der Waals surface area (Å²) < 4.78 is 41.4. The lowest BCUT2D eigenvalue weighted by Crippen LogP contribution is -2.37. The third-order valence-electron chi connectivity index (χ3n) is 6.79. The summed E-state index contributed by atoms with van der Waals surface area (Å²) in [4.78, 5) is 14.0. The summed E-state index contributed by atoms with van der Waals surface area (Å²) in [5.41, 5.74) is 5.65. The van der Waals surface area contributed by atoms with Crippen molar-refractivity contribution in [2.24, 2.45) is 0 Å². The quantitative estimate of drug-likeness (QED) is 0.199. The fourth-order valence-corrected chi connectivity index (χ4v) is 5.74. The molecule has 4 heteroatoms. The van der Waals surface area contributed by atoms with Crippen LogP contribution in [0.15, 0.2) is 133 Å². The van der Waals surface area contributed by atoms with Gasteiger partial charge in [0.05, 0.1) is 14.9 Å². The molecular formula is C36H31N3Si. The highest BCUT2D eigenvalue weighted by Crippen LogP contribution is 2.30. The first-order valence-corrected chi connectivity index (χ1v) is 16.7. The monoisotopic (exact) mass is 538 g/mol. The normalized spacial score (nSPS) is 13.1. The molecule has 0 saturated heterocycles. The molecule has 0 amide bonds. The third-order valence-corrected chi connectivity index (χ3v) is 8.86. The van der Waals surface area contributed by atoms with Crippen LogP contribution in [0.4, 0.5) is 0 Å². The smallest absolute Gasteiger partial charge is 0.164 e. The largest absolute Gasteiger partial charge is 0.208 e.